The molecule has 0 amide bonds. The highest BCUT2D eigenvalue weighted by Gasteiger charge is 2.40. The quantitative estimate of drug-likeness (QED) is 0.867. The summed E-state index contributed by atoms with van der Waals surface area (Å²) in [6.45, 7) is 3.44. The first-order chi connectivity index (χ1) is 11.7. The molecule has 0 unspecified atom stereocenters. The van der Waals surface area contributed by atoms with Crippen LogP contribution in [-0.4, -0.2) is 42.0 Å². The van der Waals surface area contributed by atoms with Gasteiger partial charge >= 0.3 is 6.11 Å². The zero-order valence-corrected chi connectivity index (χ0v) is 14.6. The van der Waals surface area contributed by atoms with Crippen LogP contribution < -0.4 is 15.0 Å². The number of anilines is 1. The van der Waals surface area contributed by atoms with Crippen LogP contribution in [0.1, 0.15) is 39.5 Å². The second-order valence-corrected chi connectivity index (χ2v) is 7.63. The Morgan fingerprint density at radius 1 is 1.32 bits per heavy atom. The topological polar surface area (TPSA) is 44.7 Å². The number of hydrogen-bond donors (Lipinski definition) is 2. The summed E-state index contributed by atoms with van der Waals surface area (Å²) < 4.78 is 44.9. The standard InChI is InChI=1S/C18H25F3N2O2/c1-17(2)10-23(15-6-4-3-5-14(15)22-17)12-7-8-16(13(19)9-12)25-18(20,21)11-24/h7-9,14-15,22,24H,3-6,10-11H2,1-2H3/t14-,15-/m1/s1. The number of benzene rings is 1. The van der Waals surface area contributed by atoms with E-state index in [4.69, 9.17) is 5.11 Å². The Balaban J connectivity index is 1.85. The van der Waals surface area contributed by atoms with Crippen LogP contribution in [-0.2, 0) is 0 Å². The summed E-state index contributed by atoms with van der Waals surface area (Å²) in [4.78, 5) is 2.18. The van der Waals surface area contributed by atoms with Gasteiger partial charge in [0.25, 0.3) is 0 Å². The molecule has 1 aromatic rings. The second-order valence-electron chi connectivity index (χ2n) is 7.63. The number of halogens is 3. The Labute approximate surface area is 146 Å². The summed E-state index contributed by atoms with van der Waals surface area (Å²) in [7, 11) is 0. The highest BCUT2D eigenvalue weighted by atomic mass is 19.3. The molecule has 140 valence electrons. The predicted molar refractivity (Wildman–Crippen MR) is 89.7 cm³/mol. The van der Waals surface area contributed by atoms with Crippen molar-refractivity contribution in [2.45, 2.75) is 63.3 Å². The Morgan fingerprint density at radius 3 is 2.72 bits per heavy atom. The van der Waals surface area contributed by atoms with E-state index in [1.54, 1.807) is 6.07 Å². The van der Waals surface area contributed by atoms with E-state index in [9.17, 15) is 13.2 Å². The number of nitrogens with zero attached hydrogens (tertiary/aromatic N) is 1. The molecule has 2 N–H and O–H groups in total. The van der Waals surface area contributed by atoms with Crippen molar-refractivity contribution < 1.29 is 23.0 Å². The first kappa shape index (κ1) is 18.3. The molecule has 4 nitrogen and oxygen atoms in total. The van der Waals surface area contributed by atoms with Crippen LogP contribution in [0.3, 0.4) is 0 Å². The Hall–Kier alpha value is -1.47. The molecule has 1 aliphatic carbocycles. The average Bonchev–Trinajstić information content (AvgIpc) is 2.55. The molecular weight excluding hydrogens is 333 g/mol. The lowest BCUT2D eigenvalue weighted by Gasteiger charge is -2.52. The molecule has 7 heteroatoms. The van der Waals surface area contributed by atoms with Gasteiger partial charge in [-0.25, -0.2) is 4.39 Å². The lowest BCUT2D eigenvalue weighted by atomic mass is 9.83. The van der Waals surface area contributed by atoms with E-state index in [-0.39, 0.29) is 11.6 Å². The number of aliphatic hydroxyl groups excluding tert-OH is 1. The van der Waals surface area contributed by atoms with Crippen LogP contribution in [0.2, 0.25) is 0 Å². The van der Waals surface area contributed by atoms with Crippen molar-refractivity contribution in [1.82, 2.24) is 5.32 Å². The van der Waals surface area contributed by atoms with Crippen LogP contribution in [0.15, 0.2) is 18.2 Å². The average molecular weight is 358 g/mol. The number of rotatable bonds is 4. The third-order valence-electron chi connectivity index (χ3n) is 4.96. The molecule has 3 rings (SSSR count). The van der Waals surface area contributed by atoms with E-state index in [2.05, 4.69) is 28.8 Å². The molecule has 0 spiro atoms. The maximum Gasteiger partial charge on any atom is 0.421 e. The van der Waals surface area contributed by atoms with Crippen LogP contribution in [0.25, 0.3) is 0 Å². The minimum absolute atomic E-state index is 0.117. The predicted octanol–water partition coefficient (Wildman–Crippen LogP) is 3.29. The number of ether oxygens (including phenoxy) is 1. The lowest BCUT2D eigenvalue weighted by molar-refractivity contribution is -0.202. The smallest absolute Gasteiger partial charge is 0.421 e. The summed E-state index contributed by atoms with van der Waals surface area (Å²) in [5.41, 5.74) is 0.553. The highest BCUT2D eigenvalue weighted by Crippen LogP contribution is 2.35. The van der Waals surface area contributed by atoms with Gasteiger partial charge in [-0.1, -0.05) is 12.8 Å². The third-order valence-corrected chi connectivity index (χ3v) is 4.96. The normalized spacial score (nSPS) is 26.2. The molecule has 25 heavy (non-hydrogen) atoms. The molecule has 0 radical (unpaired) electrons. The Kier molecular flexibility index (Phi) is 4.90. The Bertz CT molecular complexity index is 624. The molecule has 1 saturated heterocycles. The molecule has 2 aliphatic rings. The zero-order chi connectivity index (χ0) is 18.2. The van der Waals surface area contributed by atoms with Gasteiger partial charge in [0.05, 0.1) is 0 Å². The Morgan fingerprint density at radius 2 is 2.04 bits per heavy atom. The fourth-order valence-electron chi connectivity index (χ4n) is 3.97. The first-order valence-electron chi connectivity index (χ1n) is 8.72. The van der Waals surface area contributed by atoms with E-state index in [1.165, 1.54) is 18.6 Å². The molecule has 0 bridgehead atoms. The largest absolute Gasteiger partial charge is 0.428 e. The second kappa shape index (κ2) is 6.68. The van der Waals surface area contributed by atoms with Gasteiger partial charge in [-0.05, 0) is 38.8 Å². The number of aliphatic hydroxyl groups is 1. The minimum Gasteiger partial charge on any atom is -0.428 e. The van der Waals surface area contributed by atoms with Gasteiger partial charge in [-0.2, -0.15) is 8.78 Å². The fraction of sp³-hybridized carbons (Fsp3) is 0.667. The van der Waals surface area contributed by atoms with Gasteiger partial charge in [0.2, 0.25) is 0 Å². The number of fused-ring (bicyclic) bond motifs is 1. The summed E-state index contributed by atoms with van der Waals surface area (Å²) in [5, 5.41) is 12.3. The SMILES string of the molecule is CC1(C)CN(c2ccc(OC(F)(F)CO)c(F)c2)[C@@H]2CCCC[C@H]2N1. The van der Waals surface area contributed by atoms with Gasteiger partial charge in [-0.15, -0.1) is 0 Å². The molecule has 0 aromatic heterocycles. The van der Waals surface area contributed by atoms with Gasteiger partial charge in [0.1, 0.15) is 6.61 Å². The number of alkyl halides is 2. The lowest BCUT2D eigenvalue weighted by Crippen LogP contribution is -2.67. The maximum absolute atomic E-state index is 14.3. The third kappa shape index (κ3) is 4.03. The minimum atomic E-state index is -3.80. The molecule has 2 atom stereocenters. The van der Waals surface area contributed by atoms with E-state index in [1.807, 2.05) is 0 Å². The van der Waals surface area contributed by atoms with E-state index >= 15 is 0 Å². The first-order valence-corrected chi connectivity index (χ1v) is 8.72. The van der Waals surface area contributed by atoms with Crippen LogP contribution >= 0.6 is 0 Å². The molecule has 1 aromatic carbocycles. The van der Waals surface area contributed by atoms with Crippen LogP contribution in [0.5, 0.6) is 5.75 Å². The molecule has 1 saturated carbocycles. The van der Waals surface area contributed by atoms with Crippen molar-refractivity contribution in [2.75, 3.05) is 18.1 Å². The number of nitrogens with one attached hydrogen (secondary N) is 1. The van der Waals surface area contributed by atoms with Gasteiger partial charge in [-0.3, -0.25) is 0 Å². The van der Waals surface area contributed by atoms with Crippen molar-refractivity contribution in [3.05, 3.63) is 24.0 Å². The maximum atomic E-state index is 14.3. The molecule has 1 aliphatic heterocycles. The number of piperazine rings is 1. The fourth-order valence-corrected chi connectivity index (χ4v) is 3.97. The molecule has 1 heterocycles. The zero-order valence-electron chi connectivity index (χ0n) is 14.6. The van der Waals surface area contributed by atoms with E-state index < -0.39 is 24.3 Å². The van der Waals surface area contributed by atoms with Gasteiger partial charge < -0.3 is 20.1 Å². The van der Waals surface area contributed by atoms with Crippen molar-refractivity contribution in [1.29, 1.82) is 0 Å². The molecule has 2 fully saturated rings. The summed E-state index contributed by atoms with van der Waals surface area (Å²) in [5.74, 6) is -1.41. The van der Waals surface area contributed by atoms with Crippen molar-refractivity contribution >= 4 is 5.69 Å². The summed E-state index contributed by atoms with van der Waals surface area (Å²) >= 11 is 0. The van der Waals surface area contributed by atoms with Crippen LogP contribution in [0, 0.1) is 5.82 Å². The number of hydrogen-bond acceptors (Lipinski definition) is 4. The molecular formula is C18H25F3N2O2. The van der Waals surface area contributed by atoms with Gasteiger partial charge in [0, 0.05) is 35.9 Å². The summed E-state index contributed by atoms with van der Waals surface area (Å²) in [6.07, 6.45) is 0.614. The summed E-state index contributed by atoms with van der Waals surface area (Å²) in [6, 6.07) is 4.68. The van der Waals surface area contributed by atoms with E-state index in [0.717, 1.165) is 19.3 Å². The van der Waals surface area contributed by atoms with E-state index in [0.29, 0.717) is 18.3 Å². The van der Waals surface area contributed by atoms with Crippen molar-refractivity contribution in [2.24, 2.45) is 0 Å². The van der Waals surface area contributed by atoms with Crippen LogP contribution in [0.4, 0.5) is 18.9 Å². The van der Waals surface area contributed by atoms with Crippen molar-refractivity contribution in [3.63, 3.8) is 0 Å². The van der Waals surface area contributed by atoms with Crippen molar-refractivity contribution in [3.8, 4) is 5.75 Å². The monoisotopic (exact) mass is 358 g/mol. The highest BCUT2D eigenvalue weighted by molar-refractivity contribution is 5.52. The van der Waals surface area contributed by atoms with Gasteiger partial charge in [0.15, 0.2) is 11.6 Å².